The molecule has 0 aromatic heterocycles. The Morgan fingerprint density at radius 3 is 2.80 bits per heavy atom. The predicted octanol–water partition coefficient (Wildman–Crippen LogP) is 4.70. The maximum atomic E-state index is 9.10. The molecule has 3 rings (SSSR count). The van der Waals surface area contributed by atoms with Crippen LogP contribution in [0.1, 0.15) is 35.4 Å². The van der Waals surface area contributed by atoms with Crippen LogP contribution in [0.15, 0.2) is 42.5 Å². The lowest BCUT2D eigenvalue weighted by atomic mass is 10.1. The van der Waals surface area contributed by atoms with Gasteiger partial charge in [-0.2, -0.15) is 5.26 Å². The maximum Gasteiger partial charge on any atom is 0.101 e. The average molecular weight is 283 g/mol. The Hall–Kier alpha value is -1.98. The summed E-state index contributed by atoms with van der Waals surface area (Å²) in [5, 5.41) is 13.0. The standard InChI is InChI=1S/C17H15ClN2/c18-16-7-6-15(10-19)17(9-16)20-11-12-2-1-3-14(8-12)13-4-5-13/h1-3,6-9,13,20H,4-5,11H2. The van der Waals surface area contributed by atoms with Crippen LogP contribution >= 0.6 is 11.6 Å². The van der Waals surface area contributed by atoms with Gasteiger partial charge in [-0.1, -0.05) is 35.9 Å². The summed E-state index contributed by atoms with van der Waals surface area (Å²) in [4.78, 5) is 0. The summed E-state index contributed by atoms with van der Waals surface area (Å²) in [6.07, 6.45) is 2.62. The Morgan fingerprint density at radius 2 is 2.05 bits per heavy atom. The Kier molecular flexibility index (Phi) is 3.62. The van der Waals surface area contributed by atoms with E-state index in [0.29, 0.717) is 17.1 Å². The third kappa shape index (κ3) is 2.95. The highest BCUT2D eigenvalue weighted by Crippen LogP contribution is 2.40. The van der Waals surface area contributed by atoms with Crippen LogP contribution in [-0.4, -0.2) is 0 Å². The highest BCUT2D eigenvalue weighted by molar-refractivity contribution is 6.30. The van der Waals surface area contributed by atoms with E-state index in [4.69, 9.17) is 16.9 Å². The molecule has 0 heterocycles. The molecule has 1 aliphatic carbocycles. The van der Waals surface area contributed by atoms with E-state index < -0.39 is 0 Å². The van der Waals surface area contributed by atoms with Crippen molar-refractivity contribution in [2.75, 3.05) is 5.32 Å². The van der Waals surface area contributed by atoms with Crippen LogP contribution in [0.2, 0.25) is 5.02 Å². The molecule has 0 aliphatic heterocycles. The number of hydrogen-bond acceptors (Lipinski definition) is 2. The molecule has 0 amide bonds. The monoisotopic (exact) mass is 282 g/mol. The number of hydrogen-bond donors (Lipinski definition) is 1. The second kappa shape index (κ2) is 5.56. The molecule has 1 N–H and O–H groups in total. The van der Waals surface area contributed by atoms with E-state index in [9.17, 15) is 0 Å². The van der Waals surface area contributed by atoms with E-state index in [1.54, 1.807) is 18.2 Å². The molecular weight excluding hydrogens is 268 g/mol. The van der Waals surface area contributed by atoms with Gasteiger partial charge in [-0.25, -0.2) is 0 Å². The fourth-order valence-electron chi connectivity index (χ4n) is 2.33. The third-order valence-corrected chi connectivity index (χ3v) is 3.82. The smallest absolute Gasteiger partial charge is 0.101 e. The quantitative estimate of drug-likeness (QED) is 0.882. The molecular formula is C17H15ClN2. The zero-order valence-electron chi connectivity index (χ0n) is 11.1. The van der Waals surface area contributed by atoms with Crippen molar-refractivity contribution in [1.29, 1.82) is 5.26 Å². The molecule has 1 aliphatic rings. The number of benzene rings is 2. The zero-order chi connectivity index (χ0) is 13.9. The van der Waals surface area contributed by atoms with Crippen molar-refractivity contribution in [2.45, 2.75) is 25.3 Å². The topological polar surface area (TPSA) is 35.8 Å². The molecule has 2 nitrogen and oxygen atoms in total. The Balaban J connectivity index is 1.74. The van der Waals surface area contributed by atoms with Crippen molar-refractivity contribution in [2.24, 2.45) is 0 Å². The van der Waals surface area contributed by atoms with E-state index >= 15 is 0 Å². The minimum atomic E-state index is 0.618. The largest absolute Gasteiger partial charge is 0.380 e. The number of nitrogens with one attached hydrogen (secondary N) is 1. The van der Waals surface area contributed by atoms with Crippen LogP contribution in [0, 0.1) is 11.3 Å². The number of halogens is 1. The number of rotatable bonds is 4. The van der Waals surface area contributed by atoms with Gasteiger partial charge < -0.3 is 5.32 Å². The molecule has 0 atom stereocenters. The van der Waals surface area contributed by atoms with Crippen molar-refractivity contribution in [3.8, 4) is 6.07 Å². The summed E-state index contributed by atoms with van der Waals surface area (Å²) >= 11 is 5.98. The van der Waals surface area contributed by atoms with Gasteiger partial charge in [0.25, 0.3) is 0 Å². The van der Waals surface area contributed by atoms with Crippen LogP contribution in [0.3, 0.4) is 0 Å². The molecule has 0 bridgehead atoms. The Labute approximate surface area is 124 Å². The fourth-order valence-corrected chi connectivity index (χ4v) is 2.50. The first-order valence-electron chi connectivity index (χ1n) is 6.78. The van der Waals surface area contributed by atoms with Gasteiger partial charge in [0.15, 0.2) is 0 Å². The van der Waals surface area contributed by atoms with Crippen molar-refractivity contribution < 1.29 is 0 Å². The van der Waals surface area contributed by atoms with Crippen LogP contribution in [0.5, 0.6) is 0 Å². The normalized spacial score (nSPS) is 13.8. The summed E-state index contributed by atoms with van der Waals surface area (Å²) in [6.45, 7) is 0.704. The first kappa shape index (κ1) is 13.0. The summed E-state index contributed by atoms with van der Waals surface area (Å²) in [5.41, 5.74) is 4.07. The van der Waals surface area contributed by atoms with Gasteiger partial charge >= 0.3 is 0 Å². The van der Waals surface area contributed by atoms with Gasteiger partial charge in [-0.05, 0) is 48.1 Å². The maximum absolute atomic E-state index is 9.10. The summed E-state index contributed by atoms with van der Waals surface area (Å²) in [5.74, 6) is 0.760. The van der Waals surface area contributed by atoms with Gasteiger partial charge in [-0.3, -0.25) is 0 Å². The summed E-state index contributed by atoms with van der Waals surface area (Å²) in [6, 6.07) is 16.1. The zero-order valence-corrected chi connectivity index (χ0v) is 11.8. The van der Waals surface area contributed by atoms with Gasteiger partial charge in [0.05, 0.1) is 11.3 Å². The van der Waals surface area contributed by atoms with Crippen molar-refractivity contribution in [1.82, 2.24) is 0 Å². The van der Waals surface area contributed by atoms with Gasteiger partial charge in [-0.15, -0.1) is 0 Å². The SMILES string of the molecule is N#Cc1ccc(Cl)cc1NCc1cccc(C2CC2)c1. The minimum Gasteiger partial charge on any atom is -0.380 e. The molecule has 2 aromatic rings. The molecule has 100 valence electrons. The Morgan fingerprint density at radius 1 is 1.20 bits per heavy atom. The second-order valence-corrected chi connectivity index (χ2v) is 5.61. The first-order valence-corrected chi connectivity index (χ1v) is 7.16. The van der Waals surface area contributed by atoms with Crippen LogP contribution in [0.4, 0.5) is 5.69 Å². The summed E-state index contributed by atoms with van der Waals surface area (Å²) in [7, 11) is 0. The van der Waals surface area contributed by atoms with E-state index in [-0.39, 0.29) is 0 Å². The minimum absolute atomic E-state index is 0.618. The number of anilines is 1. The molecule has 1 saturated carbocycles. The molecule has 2 aromatic carbocycles. The van der Waals surface area contributed by atoms with Crippen molar-refractivity contribution in [3.05, 3.63) is 64.2 Å². The van der Waals surface area contributed by atoms with E-state index in [0.717, 1.165) is 11.6 Å². The van der Waals surface area contributed by atoms with E-state index in [1.807, 2.05) is 0 Å². The van der Waals surface area contributed by atoms with Gasteiger partial charge in [0.2, 0.25) is 0 Å². The van der Waals surface area contributed by atoms with Gasteiger partial charge in [0.1, 0.15) is 6.07 Å². The van der Waals surface area contributed by atoms with Crippen LogP contribution in [0.25, 0.3) is 0 Å². The highest BCUT2D eigenvalue weighted by atomic mass is 35.5. The third-order valence-electron chi connectivity index (χ3n) is 3.58. The Bertz CT molecular complexity index is 669. The first-order chi connectivity index (χ1) is 9.76. The molecule has 0 spiro atoms. The second-order valence-electron chi connectivity index (χ2n) is 5.17. The molecule has 20 heavy (non-hydrogen) atoms. The number of nitrogens with zero attached hydrogens (tertiary/aromatic N) is 1. The lowest BCUT2D eigenvalue weighted by Crippen LogP contribution is -2.01. The lowest BCUT2D eigenvalue weighted by molar-refractivity contribution is 1.08. The molecule has 3 heteroatoms. The lowest BCUT2D eigenvalue weighted by Gasteiger charge is -2.10. The van der Waals surface area contributed by atoms with Crippen molar-refractivity contribution >= 4 is 17.3 Å². The van der Waals surface area contributed by atoms with Gasteiger partial charge in [0, 0.05) is 11.6 Å². The summed E-state index contributed by atoms with van der Waals surface area (Å²) < 4.78 is 0. The van der Waals surface area contributed by atoms with Crippen molar-refractivity contribution in [3.63, 3.8) is 0 Å². The van der Waals surface area contributed by atoms with Crippen LogP contribution < -0.4 is 5.32 Å². The van der Waals surface area contributed by atoms with E-state index in [2.05, 4.69) is 35.7 Å². The van der Waals surface area contributed by atoms with E-state index in [1.165, 1.54) is 24.0 Å². The van der Waals surface area contributed by atoms with Crippen LogP contribution in [-0.2, 0) is 6.54 Å². The molecule has 0 radical (unpaired) electrons. The molecule has 0 saturated heterocycles. The predicted molar refractivity (Wildman–Crippen MR) is 81.9 cm³/mol. The highest BCUT2D eigenvalue weighted by Gasteiger charge is 2.23. The molecule has 1 fully saturated rings. The molecule has 0 unspecified atom stereocenters. The average Bonchev–Trinajstić information content (AvgIpc) is 3.30. The fraction of sp³-hybridized carbons (Fsp3) is 0.235. The number of nitriles is 1.